The van der Waals surface area contributed by atoms with E-state index in [1.165, 1.54) is 4.88 Å². The molecule has 1 fully saturated rings. The lowest BCUT2D eigenvalue weighted by Gasteiger charge is -2.29. The predicted octanol–water partition coefficient (Wildman–Crippen LogP) is 1.86. The van der Waals surface area contributed by atoms with E-state index in [1.807, 2.05) is 0 Å². The molecule has 0 radical (unpaired) electrons. The molecule has 3 nitrogen and oxygen atoms in total. The van der Waals surface area contributed by atoms with Gasteiger partial charge in [0.25, 0.3) is 0 Å². The first-order valence-corrected chi connectivity index (χ1v) is 6.78. The van der Waals surface area contributed by atoms with Crippen molar-refractivity contribution in [3.8, 4) is 0 Å². The number of nitrogens with zero attached hydrogens (tertiary/aromatic N) is 1. The van der Waals surface area contributed by atoms with Crippen LogP contribution in [-0.4, -0.2) is 37.2 Å². The van der Waals surface area contributed by atoms with Crippen molar-refractivity contribution in [3.05, 3.63) is 22.4 Å². The minimum atomic E-state index is 0.316. The van der Waals surface area contributed by atoms with Crippen LogP contribution in [0.1, 0.15) is 24.3 Å². The minimum Gasteiger partial charge on any atom is -0.377 e. The largest absolute Gasteiger partial charge is 0.377 e. The van der Waals surface area contributed by atoms with Gasteiger partial charge >= 0.3 is 0 Å². The summed E-state index contributed by atoms with van der Waals surface area (Å²) >= 11 is 1.79. The highest BCUT2D eigenvalue weighted by Gasteiger charge is 2.23. The van der Waals surface area contributed by atoms with Gasteiger partial charge in [-0.05, 0) is 24.8 Å². The van der Waals surface area contributed by atoms with E-state index in [1.54, 1.807) is 11.3 Å². The van der Waals surface area contributed by atoms with Crippen molar-refractivity contribution in [2.24, 2.45) is 5.73 Å². The number of hydrogen-bond acceptors (Lipinski definition) is 4. The molecule has 0 aliphatic carbocycles. The number of hydrogen-bond donors (Lipinski definition) is 1. The summed E-state index contributed by atoms with van der Waals surface area (Å²) in [6, 6.07) is 4.64. The highest BCUT2D eigenvalue weighted by Crippen LogP contribution is 2.25. The van der Waals surface area contributed by atoms with E-state index >= 15 is 0 Å². The van der Waals surface area contributed by atoms with Gasteiger partial charge in [-0.25, -0.2) is 0 Å². The Morgan fingerprint density at radius 2 is 2.56 bits per heavy atom. The Balaban J connectivity index is 2.07. The maximum atomic E-state index is 5.92. The van der Waals surface area contributed by atoms with E-state index in [0.29, 0.717) is 18.7 Å². The van der Waals surface area contributed by atoms with Crippen molar-refractivity contribution < 1.29 is 4.74 Å². The lowest BCUT2D eigenvalue weighted by atomic mass is 10.2. The molecule has 2 atom stereocenters. The third-order valence-corrected chi connectivity index (χ3v) is 3.99. The average Bonchev–Trinajstić information content (AvgIpc) is 2.70. The molecule has 16 heavy (non-hydrogen) atoms. The summed E-state index contributed by atoms with van der Waals surface area (Å²) in [7, 11) is 0. The summed E-state index contributed by atoms with van der Waals surface area (Å²) in [4.78, 5) is 3.83. The fraction of sp³-hybridized carbons (Fsp3) is 0.667. The zero-order valence-electron chi connectivity index (χ0n) is 9.76. The smallest absolute Gasteiger partial charge is 0.0674 e. The van der Waals surface area contributed by atoms with E-state index in [0.717, 1.165) is 26.1 Å². The molecule has 0 amide bonds. The topological polar surface area (TPSA) is 38.5 Å². The van der Waals surface area contributed by atoms with Crippen molar-refractivity contribution in [2.75, 3.05) is 26.2 Å². The maximum Gasteiger partial charge on any atom is 0.0674 e. The third-order valence-electron chi connectivity index (χ3n) is 3.02. The molecule has 90 valence electrons. The minimum absolute atomic E-state index is 0.316. The summed E-state index contributed by atoms with van der Waals surface area (Å²) in [5, 5.41) is 2.12. The predicted molar refractivity (Wildman–Crippen MR) is 67.7 cm³/mol. The van der Waals surface area contributed by atoms with E-state index in [-0.39, 0.29) is 0 Å². The van der Waals surface area contributed by atoms with E-state index in [2.05, 4.69) is 29.3 Å². The molecule has 2 rings (SSSR count). The van der Waals surface area contributed by atoms with Crippen LogP contribution in [0.4, 0.5) is 0 Å². The lowest BCUT2D eigenvalue weighted by molar-refractivity contribution is 0.0614. The highest BCUT2D eigenvalue weighted by molar-refractivity contribution is 7.10. The molecule has 0 saturated carbocycles. The Hall–Kier alpha value is -0.420. The van der Waals surface area contributed by atoms with Gasteiger partial charge in [0.15, 0.2) is 0 Å². The normalized spacial score (nSPS) is 25.2. The summed E-state index contributed by atoms with van der Waals surface area (Å²) in [6.07, 6.45) is 1.42. The van der Waals surface area contributed by atoms with Crippen LogP contribution in [0.25, 0.3) is 0 Å². The van der Waals surface area contributed by atoms with Crippen molar-refractivity contribution in [3.63, 3.8) is 0 Å². The molecule has 0 bridgehead atoms. The molecule has 0 spiro atoms. The Labute approximate surface area is 101 Å². The second-order valence-electron chi connectivity index (χ2n) is 4.30. The summed E-state index contributed by atoms with van der Waals surface area (Å²) in [6.45, 7) is 5.77. The first-order valence-electron chi connectivity index (χ1n) is 5.90. The standard InChI is InChI=1S/C12H20N2OS/c1-10-9-14(5-3-6-15-10)11(8-13)12-4-2-7-16-12/h2,4,7,10-11H,3,5-6,8-9,13H2,1H3. The summed E-state index contributed by atoms with van der Waals surface area (Å²) in [5.41, 5.74) is 5.92. The second-order valence-corrected chi connectivity index (χ2v) is 5.28. The second kappa shape index (κ2) is 5.77. The van der Waals surface area contributed by atoms with Crippen LogP contribution in [0.3, 0.4) is 0 Å². The van der Waals surface area contributed by atoms with Crippen molar-refractivity contribution in [2.45, 2.75) is 25.5 Å². The molecular weight excluding hydrogens is 220 g/mol. The van der Waals surface area contributed by atoms with E-state index < -0.39 is 0 Å². The van der Waals surface area contributed by atoms with Gasteiger partial charge in [0.05, 0.1) is 12.1 Å². The van der Waals surface area contributed by atoms with Crippen LogP contribution >= 0.6 is 11.3 Å². The first-order chi connectivity index (χ1) is 7.81. The first kappa shape index (κ1) is 12.0. The molecule has 0 aromatic carbocycles. The van der Waals surface area contributed by atoms with Crippen molar-refractivity contribution in [1.29, 1.82) is 0 Å². The van der Waals surface area contributed by atoms with Crippen LogP contribution < -0.4 is 5.73 Å². The van der Waals surface area contributed by atoms with Gasteiger partial charge in [0.2, 0.25) is 0 Å². The zero-order valence-corrected chi connectivity index (χ0v) is 10.6. The third kappa shape index (κ3) is 2.83. The van der Waals surface area contributed by atoms with Gasteiger partial charge in [0.1, 0.15) is 0 Å². The van der Waals surface area contributed by atoms with Gasteiger partial charge in [0, 0.05) is 31.1 Å². The Bertz CT molecular complexity index is 302. The van der Waals surface area contributed by atoms with Crippen LogP contribution in [0.15, 0.2) is 17.5 Å². The van der Waals surface area contributed by atoms with Crippen LogP contribution in [0.2, 0.25) is 0 Å². The van der Waals surface area contributed by atoms with Gasteiger partial charge in [-0.1, -0.05) is 6.07 Å². The Morgan fingerprint density at radius 3 is 3.25 bits per heavy atom. The van der Waals surface area contributed by atoms with E-state index in [9.17, 15) is 0 Å². The average molecular weight is 240 g/mol. The molecule has 2 unspecified atom stereocenters. The Kier molecular flexibility index (Phi) is 4.35. The summed E-state index contributed by atoms with van der Waals surface area (Å²) in [5.74, 6) is 0. The number of ether oxygens (including phenoxy) is 1. The fourth-order valence-corrected chi connectivity index (χ4v) is 3.11. The molecule has 1 saturated heterocycles. The van der Waals surface area contributed by atoms with Gasteiger partial charge < -0.3 is 10.5 Å². The van der Waals surface area contributed by atoms with Crippen LogP contribution in [-0.2, 0) is 4.74 Å². The van der Waals surface area contributed by atoms with Crippen molar-refractivity contribution in [1.82, 2.24) is 4.90 Å². The molecule has 2 heterocycles. The molecule has 1 aliphatic rings. The number of thiophene rings is 1. The van der Waals surface area contributed by atoms with Gasteiger partial charge in [-0.2, -0.15) is 0 Å². The molecule has 1 aromatic heterocycles. The molecule has 1 aromatic rings. The van der Waals surface area contributed by atoms with Crippen LogP contribution in [0, 0.1) is 0 Å². The van der Waals surface area contributed by atoms with E-state index in [4.69, 9.17) is 10.5 Å². The number of rotatable bonds is 3. The number of nitrogens with two attached hydrogens (primary N) is 1. The molecule has 4 heteroatoms. The lowest BCUT2D eigenvalue weighted by Crippen LogP contribution is -2.37. The quantitative estimate of drug-likeness (QED) is 0.876. The van der Waals surface area contributed by atoms with Crippen LogP contribution in [0.5, 0.6) is 0 Å². The molecule has 1 aliphatic heterocycles. The summed E-state index contributed by atoms with van der Waals surface area (Å²) < 4.78 is 5.67. The maximum absolute atomic E-state index is 5.92. The monoisotopic (exact) mass is 240 g/mol. The molecular formula is C12H20N2OS. The van der Waals surface area contributed by atoms with Crippen molar-refractivity contribution >= 4 is 11.3 Å². The van der Waals surface area contributed by atoms with Gasteiger partial charge in [-0.3, -0.25) is 4.90 Å². The van der Waals surface area contributed by atoms with Gasteiger partial charge in [-0.15, -0.1) is 11.3 Å². The zero-order chi connectivity index (χ0) is 11.4. The molecule has 2 N–H and O–H groups in total. The fourth-order valence-electron chi connectivity index (χ4n) is 2.24. The SMILES string of the molecule is CC1CN(C(CN)c2cccs2)CCCO1. The highest BCUT2D eigenvalue weighted by atomic mass is 32.1. The Morgan fingerprint density at radius 1 is 1.69 bits per heavy atom.